The highest BCUT2D eigenvalue weighted by molar-refractivity contribution is 9.10. The van der Waals surface area contributed by atoms with Crippen molar-refractivity contribution in [2.45, 2.75) is 26.9 Å². The molecule has 0 aromatic heterocycles. The first-order valence-electron chi connectivity index (χ1n) is 11.4. The average molecular weight is 525 g/mol. The Morgan fingerprint density at radius 2 is 1.83 bits per heavy atom. The SMILES string of the molecule is CCc1ccccc1NC(=O)/C(C#N)=C/c1cc(Br)ccc1OCc1c(C)ccc2ccccc12. The van der Waals surface area contributed by atoms with Crippen LogP contribution < -0.4 is 10.1 Å². The summed E-state index contributed by atoms with van der Waals surface area (Å²) >= 11 is 3.49. The van der Waals surface area contributed by atoms with Crippen molar-refractivity contribution in [1.82, 2.24) is 0 Å². The van der Waals surface area contributed by atoms with Crippen molar-refractivity contribution in [2.24, 2.45) is 0 Å². The van der Waals surface area contributed by atoms with Gasteiger partial charge in [-0.3, -0.25) is 4.79 Å². The van der Waals surface area contributed by atoms with Crippen LogP contribution in [0.25, 0.3) is 16.8 Å². The lowest BCUT2D eigenvalue weighted by molar-refractivity contribution is -0.112. The third-order valence-corrected chi connectivity index (χ3v) is 6.42. The van der Waals surface area contributed by atoms with Gasteiger partial charge in [-0.2, -0.15) is 5.26 Å². The van der Waals surface area contributed by atoms with Crippen molar-refractivity contribution in [3.05, 3.63) is 111 Å². The van der Waals surface area contributed by atoms with E-state index in [1.54, 1.807) is 6.08 Å². The Labute approximate surface area is 214 Å². The topological polar surface area (TPSA) is 62.1 Å². The number of nitriles is 1. The molecule has 0 radical (unpaired) electrons. The minimum Gasteiger partial charge on any atom is -0.488 e. The summed E-state index contributed by atoms with van der Waals surface area (Å²) in [6, 6.07) is 27.6. The van der Waals surface area contributed by atoms with Crippen molar-refractivity contribution in [2.75, 3.05) is 5.32 Å². The molecule has 4 aromatic rings. The Balaban J connectivity index is 1.63. The zero-order chi connectivity index (χ0) is 24.8. The van der Waals surface area contributed by atoms with E-state index in [4.69, 9.17) is 4.74 Å². The van der Waals surface area contributed by atoms with E-state index < -0.39 is 5.91 Å². The number of carbonyl (C=O) groups is 1. The molecular formula is C30H25BrN2O2. The van der Waals surface area contributed by atoms with Crippen LogP contribution in [0.2, 0.25) is 0 Å². The van der Waals surface area contributed by atoms with Crippen molar-refractivity contribution in [3.63, 3.8) is 0 Å². The van der Waals surface area contributed by atoms with Gasteiger partial charge in [0.2, 0.25) is 0 Å². The van der Waals surface area contributed by atoms with Gasteiger partial charge in [0, 0.05) is 21.3 Å². The van der Waals surface area contributed by atoms with Crippen molar-refractivity contribution >= 4 is 44.4 Å². The van der Waals surface area contributed by atoms with E-state index in [0.29, 0.717) is 23.6 Å². The van der Waals surface area contributed by atoms with Crippen LogP contribution >= 0.6 is 15.9 Å². The second-order valence-corrected chi connectivity index (χ2v) is 9.10. The Hall–Kier alpha value is -3.88. The standard InChI is InChI=1S/C30H25BrN2O2/c1-3-21-8-5-7-11-28(21)33-30(34)24(18-32)16-23-17-25(31)14-15-29(23)35-19-27-20(2)12-13-22-9-4-6-10-26(22)27/h4-17H,3,19H2,1-2H3,(H,33,34)/b24-16+. The molecule has 4 rings (SSSR count). The fraction of sp³-hybridized carbons (Fsp3) is 0.133. The highest BCUT2D eigenvalue weighted by Gasteiger charge is 2.14. The molecule has 0 fully saturated rings. The van der Waals surface area contributed by atoms with Crippen LogP contribution in [0.4, 0.5) is 5.69 Å². The summed E-state index contributed by atoms with van der Waals surface area (Å²) in [6.07, 6.45) is 2.35. The molecule has 0 spiro atoms. The van der Waals surface area contributed by atoms with Gasteiger partial charge in [-0.15, -0.1) is 0 Å². The Morgan fingerprint density at radius 1 is 1.06 bits per heavy atom. The number of anilines is 1. The zero-order valence-electron chi connectivity index (χ0n) is 19.6. The minimum atomic E-state index is -0.454. The molecule has 174 valence electrons. The van der Waals surface area contributed by atoms with Crippen molar-refractivity contribution in [3.8, 4) is 11.8 Å². The number of benzene rings is 4. The van der Waals surface area contributed by atoms with Crippen molar-refractivity contribution < 1.29 is 9.53 Å². The molecule has 0 aliphatic carbocycles. The lowest BCUT2D eigenvalue weighted by atomic mass is 10.0. The summed E-state index contributed by atoms with van der Waals surface area (Å²) in [5.74, 6) is 0.138. The quantitative estimate of drug-likeness (QED) is 0.200. The molecule has 0 atom stereocenters. The molecule has 35 heavy (non-hydrogen) atoms. The number of hydrogen-bond donors (Lipinski definition) is 1. The van der Waals surface area contributed by atoms with Gasteiger partial charge in [-0.25, -0.2) is 0 Å². The van der Waals surface area contributed by atoms with Gasteiger partial charge in [-0.1, -0.05) is 77.5 Å². The molecule has 0 heterocycles. The normalized spacial score (nSPS) is 11.2. The molecule has 0 saturated carbocycles. The number of amides is 1. The molecule has 1 N–H and O–H groups in total. The van der Waals surface area contributed by atoms with E-state index in [-0.39, 0.29) is 5.57 Å². The number of rotatable bonds is 7. The summed E-state index contributed by atoms with van der Waals surface area (Å²) in [6.45, 7) is 4.46. The van der Waals surface area contributed by atoms with Gasteiger partial charge in [-0.05, 0) is 65.6 Å². The van der Waals surface area contributed by atoms with E-state index in [2.05, 4.69) is 52.4 Å². The van der Waals surface area contributed by atoms with Gasteiger partial charge >= 0.3 is 0 Å². The summed E-state index contributed by atoms with van der Waals surface area (Å²) in [4.78, 5) is 12.9. The number of nitrogens with one attached hydrogen (secondary N) is 1. The molecule has 0 unspecified atom stereocenters. The summed E-state index contributed by atoms with van der Waals surface area (Å²) in [5.41, 5.74) is 4.61. The van der Waals surface area contributed by atoms with Crippen LogP contribution in [-0.2, 0) is 17.8 Å². The predicted molar refractivity (Wildman–Crippen MR) is 145 cm³/mol. The lowest BCUT2D eigenvalue weighted by Gasteiger charge is -2.14. The number of hydrogen-bond acceptors (Lipinski definition) is 3. The monoisotopic (exact) mass is 524 g/mol. The number of para-hydroxylation sites is 1. The van der Waals surface area contributed by atoms with E-state index >= 15 is 0 Å². The first kappa shape index (κ1) is 24.3. The highest BCUT2D eigenvalue weighted by atomic mass is 79.9. The van der Waals surface area contributed by atoms with E-state index in [1.165, 1.54) is 0 Å². The predicted octanol–water partition coefficient (Wildman–Crippen LogP) is 7.60. The summed E-state index contributed by atoms with van der Waals surface area (Å²) < 4.78 is 7.07. The first-order valence-corrected chi connectivity index (χ1v) is 12.2. The third-order valence-electron chi connectivity index (χ3n) is 5.93. The zero-order valence-corrected chi connectivity index (χ0v) is 21.2. The molecule has 1 amide bonds. The number of aryl methyl sites for hydroxylation is 2. The lowest BCUT2D eigenvalue weighted by Crippen LogP contribution is -2.14. The first-order chi connectivity index (χ1) is 17.0. The largest absolute Gasteiger partial charge is 0.488 e. The Kier molecular flexibility index (Phi) is 7.64. The van der Waals surface area contributed by atoms with Crippen LogP contribution in [0.1, 0.15) is 29.2 Å². The molecule has 4 aromatic carbocycles. The van der Waals surface area contributed by atoms with E-state index in [9.17, 15) is 10.1 Å². The molecule has 5 heteroatoms. The Bertz CT molecular complexity index is 1470. The van der Waals surface area contributed by atoms with Gasteiger partial charge < -0.3 is 10.1 Å². The minimum absolute atomic E-state index is 0.000183. The number of nitrogens with zero attached hydrogens (tertiary/aromatic N) is 1. The van der Waals surface area contributed by atoms with Crippen LogP contribution in [0.5, 0.6) is 5.75 Å². The van der Waals surface area contributed by atoms with Gasteiger partial charge in [0.1, 0.15) is 24.0 Å². The second kappa shape index (κ2) is 11.0. The van der Waals surface area contributed by atoms with Crippen molar-refractivity contribution in [1.29, 1.82) is 5.26 Å². The van der Waals surface area contributed by atoms with Crippen LogP contribution in [0, 0.1) is 18.3 Å². The number of ether oxygens (including phenoxy) is 1. The van der Waals surface area contributed by atoms with Gasteiger partial charge in [0.25, 0.3) is 5.91 Å². The average Bonchev–Trinajstić information content (AvgIpc) is 2.87. The number of halogens is 1. The number of fused-ring (bicyclic) bond motifs is 1. The van der Waals surface area contributed by atoms with Crippen LogP contribution in [0.15, 0.2) is 88.9 Å². The maximum Gasteiger partial charge on any atom is 0.266 e. The molecule has 0 aliphatic rings. The smallest absolute Gasteiger partial charge is 0.266 e. The van der Waals surface area contributed by atoms with Gasteiger partial charge in [0.05, 0.1) is 0 Å². The molecule has 0 aliphatic heterocycles. The van der Waals surface area contributed by atoms with E-state index in [0.717, 1.165) is 38.4 Å². The molecule has 0 bridgehead atoms. The summed E-state index contributed by atoms with van der Waals surface area (Å²) in [5, 5.41) is 14.9. The van der Waals surface area contributed by atoms with Crippen LogP contribution in [-0.4, -0.2) is 5.91 Å². The van der Waals surface area contributed by atoms with E-state index in [1.807, 2.05) is 67.6 Å². The molecular weight excluding hydrogens is 500 g/mol. The van der Waals surface area contributed by atoms with Crippen LogP contribution in [0.3, 0.4) is 0 Å². The maximum atomic E-state index is 12.9. The molecule has 4 nitrogen and oxygen atoms in total. The Morgan fingerprint density at radius 3 is 2.63 bits per heavy atom. The maximum absolute atomic E-state index is 12.9. The summed E-state index contributed by atoms with van der Waals surface area (Å²) in [7, 11) is 0. The van der Waals surface area contributed by atoms with Gasteiger partial charge in [0.15, 0.2) is 0 Å². The highest BCUT2D eigenvalue weighted by Crippen LogP contribution is 2.29. The second-order valence-electron chi connectivity index (χ2n) is 8.19. The number of carbonyl (C=O) groups excluding carboxylic acids is 1. The fourth-order valence-electron chi connectivity index (χ4n) is 3.99. The molecule has 0 saturated heterocycles. The fourth-order valence-corrected chi connectivity index (χ4v) is 4.37. The third kappa shape index (κ3) is 5.62.